The Balaban J connectivity index is 1.92. The third-order valence-electron chi connectivity index (χ3n) is 3.59. The van der Waals surface area contributed by atoms with Crippen LogP contribution in [-0.2, 0) is 9.53 Å². The van der Waals surface area contributed by atoms with Gasteiger partial charge in [0.15, 0.2) is 0 Å². The molecule has 2 aliphatic rings. The van der Waals surface area contributed by atoms with Crippen LogP contribution in [0.25, 0.3) is 0 Å². The first-order valence-corrected chi connectivity index (χ1v) is 6.37. The third kappa shape index (κ3) is 2.38. The second-order valence-corrected chi connectivity index (χ2v) is 4.79. The lowest BCUT2D eigenvalue weighted by Gasteiger charge is -2.34. The highest BCUT2D eigenvalue weighted by molar-refractivity contribution is 5.84. The summed E-state index contributed by atoms with van der Waals surface area (Å²) in [6.45, 7) is 6.71. The Hall–Kier alpha value is -0.610. The topological polar surface area (TPSA) is 41.6 Å². The molecule has 0 aromatic heterocycles. The molecule has 4 heteroatoms. The van der Waals surface area contributed by atoms with Gasteiger partial charge in [0.1, 0.15) is 0 Å². The van der Waals surface area contributed by atoms with Gasteiger partial charge < -0.3 is 15.0 Å². The van der Waals surface area contributed by atoms with E-state index in [-0.39, 0.29) is 6.04 Å². The number of rotatable bonds is 3. The lowest BCUT2D eigenvalue weighted by Crippen LogP contribution is -2.46. The van der Waals surface area contributed by atoms with Gasteiger partial charge in [-0.1, -0.05) is 6.92 Å². The van der Waals surface area contributed by atoms with Crippen molar-refractivity contribution in [3.63, 3.8) is 0 Å². The van der Waals surface area contributed by atoms with Gasteiger partial charge in [0.25, 0.3) is 0 Å². The minimum atomic E-state index is 0.0585. The van der Waals surface area contributed by atoms with Crippen molar-refractivity contribution in [2.24, 2.45) is 0 Å². The van der Waals surface area contributed by atoms with Gasteiger partial charge in [-0.15, -0.1) is 0 Å². The molecule has 2 rings (SSSR count). The van der Waals surface area contributed by atoms with Crippen molar-refractivity contribution in [2.75, 3.05) is 19.7 Å². The molecule has 0 aliphatic carbocycles. The maximum absolute atomic E-state index is 12.1. The maximum Gasteiger partial charge on any atom is 0.240 e. The molecular formula is C12H22N2O2. The summed E-state index contributed by atoms with van der Waals surface area (Å²) in [6, 6.07) is 0.461. The maximum atomic E-state index is 12.1. The van der Waals surface area contributed by atoms with Crippen LogP contribution in [0.1, 0.15) is 33.1 Å². The summed E-state index contributed by atoms with van der Waals surface area (Å²) in [5.41, 5.74) is 0. The molecule has 0 saturated carbocycles. The van der Waals surface area contributed by atoms with Crippen LogP contribution in [0.4, 0.5) is 0 Å². The first kappa shape index (κ1) is 11.9. The number of nitrogens with zero attached hydrogens (tertiary/aromatic N) is 1. The van der Waals surface area contributed by atoms with Gasteiger partial charge in [-0.05, 0) is 32.7 Å². The molecule has 2 fully saturated rings. The van der Waals surface area contributed by atoms with E-state index >= 15 is 0 Å². The average Bonchev–Trinajstić information content (AvgIpc) is 2.61. The van der Waals surface area contributed by atoms with E-state index in [0.717, 1.165) is 39.0 Å². The van der Waals surface area contributed by atoms with Crippen LogP contribution in [0.5, 0.6) is 0 Å². The van der Waals surface area contributed by atoms with Gasteiger partial charge >= 0.3 is 0 Å². The Morgan fingerprint density at radius 3 is 3.00 bits per heavy atom. The number of carbonyl (C=O) groups is 1. The zero-order chi connectivity index (χ0) is 11.5. The van der Waals surface area contributed by atoms with Crippen LogP contribution in [0, 0.1) is 0 Å². The summed E-state index contributed by atoms with van der Waals surface area (Å²) in [7, 11) is 0. The molecule has 1 amide bonds. The molecule has 2 heterocycles. The van der Waals surface area contributed by atoms with Crippen molar-refractivity contribution < 1.29 is 9.53 Å². The molecular weight excluding hydrogens is 204 g/mol. The normalized spacial score (nSPS) is 35.8. The highest BCUT2D eigenvalue weighted by Gasteiger charge is 2.36. The van der Waals surface area contributed by atoms with Crippen LogP contribution in [0.3, 0.4) is 0 Å². The lowest BCUT2D eigenvalue weighted by atomic mass is 10.0. The summed E-state index contributed by atoms with van der Waals surface area (Å²) in [6.07, 6.45) is 3.24. The van der Waals surface area contributed by atoms with Crippen LogP contribution >= 0.6 is 0 Å². The van der Waals surface area contributed by atoms with E-state index in [4.69, 9.17) is 4.74 Å². The molecule has 3 atom stereocenters. The number of likely N-dealkylation sites (tertiary alicyclic amines) is 1. The third-order valence-corrected chi connectivity index (χ3v) is 3.59. The van der Waals surface area contributed by atoms with Crippen molar-refractivity contribution in [3.8, 4) is 0 Å². The largest absolute Gasteiger partial charge is 0.378 e. The fourth-order valence-electron chi connectivity index (χ4n) is 2.76. The SMILES string of the molecule is CCNC1CCN(C2CCOC(C)C2)C1=O. The first-order chi connectivity index (χ1) is 7.72. The van der Waals surface area contributed by atoms with Gasteiger partial charge in [-0.2, -0.15) is 0 Å². The minimum absolute atomic E-state index is 0.0585. The summed E-state index contributed by atoms with van der Waals surface area (Å²) in [4.78, 5) is 14.2. The second kappa shape index (κ2) is 5.15. The van der Waals surface area contributed by atoms with E-state index in [2.05, 4.69) is 17.1 Å². The molecule has 0 aromatic rings. The van der Waals surface area contributed by atoms with E-state index < -0.39 is 0 Å². The van der Waals surface area contributed by atoms with Gasteiger partial charge in [-0.3, -0.25) is 4.79 Å². The predicted molar refractivity (Wildman–Crippen MR) is 62.2 cm³/mol. The monoisotopic (exact) mass is 226 g/mol. The van der Waals surface area contributed by atoms with Crippen LogP contribution in [-0.4, -0.2) is 48.7 Å². The smallest absolute Gasteiger partial charge is 0.240 e. The van der Waals surface area contributed by atoms with E-state index in [1.807, 2.05) is 6.92 Å². The average molecular weight is 226 g/mol. The molecule has 0 aromatic carbocycles. The standard InChI is InChI=1S/C12H22N2O2/c1-3-13-11-4-6-14(12(11)15)10-5-7-16-9(2)8-10/h9-11,13H,3-8H2,1-2H3. The first-order valence-electron chi connectivity index (χ1n) is 6.37. The molecule has 2 aliphatic heterocycles. The van der Waals surface area contributed by atoms with Crippen molar-refractivity contribution in [1.82, 2.24) is 10.2 Å². The number of hydrogen-bond donors (Lipinski definition) is 1. The molecule has 16 heavy (non-hydrogen) atoms. The number of hydrogen-bond acceptors (Lipinski definition) is 3. The summed E-state index contributed by atoms with van der Waals surface area (Å²) in [5, 5.41) is 3.25. The molecule has 0 bridgehead atoms. The Kier molecular flexibility index (Phi) is 3.82. The van der Waals surface area contributed by atoms with Gasteiger partial charge in [-0.25, -0.2) is 0 Å². The van der Waals surface area contributed by atoms with Crippen molar-refractivity contribution in [1.29, 1.82) is 0 Å². The summed E-state index contributed by atoms with van der Waals surface area (Å²) < 4.78 is 5.52. The fourth-order valence-corrected chi connectivity index (χ4v) is 2.76. The zero-order valence-electron chi connectivity index (χ0n) is 10.2. The molecule has 1 N–H and O–H groups in total. The second-order valence-electron chi connectivity index (χ2n) is 4.79. The van der Waals surface area contributed by atoms with E-state index in [0.29, 0.717) is 18.1 Å². The fraction of sp³-hybridized carbons (Fsp3) is 0.917. The van der Waals surface area contributed by atoms with Crippen LogP contribution in [0.15, 0.2) is 0 Å². The number of nitrogens with one attached hydrogen (secondary N) is 1. The number of ether oxygens (including phenoxy) is 1. The van der Waals surface area contributed by atoms with Crippen molar-refractivity contribution >= 4 is 5.91 Å². The lowest BCUT2D eigenvalue weighted by molar-refractivity contribution is -0.133. The van der Waals surface area contributed by atoms with E-state index in [1.165, 1.54) is 0 Å². The highest BCUT2D eigenvalue weighted by atomic mass is 16.5. The molecule has 0 radical (unpaired) electrons. The number of carbonyl (C=O) groups excluding carboxylic acids is 1. The zero-order valence-corrected chi connectivity index (χ0v) is 10.2. The molecule has 4 nitrogen and oxygen atoms in total. The quantitative estimate of drug-likeness (QED) is 0.772. The molecule has 92 valence electrons. The Morgan fingerprint density at radius 1 is 1.50 bits per heavy atom. The van der Waals surface area contributed by atoms with Crippen LogP contribution in [0.2, 0.25) is 0 Å². The van der Waals surface area contributed by atoms with Gasteiger partial charge in [0.05, 0.1) is 12.1 Å². The summed E-state index contributed by atoms with van der Waals surface area (Å²) >= 11 is 0. The van der Waals surface area contributed by atoms with Crippen LogP contribution < -0.4 is 5.32 Å². The summed E-state index contributed by atoms with van der Waals surface area (Å²) in [5.74, 6) is 0.293. The van der Waals surface area contributed by atoms with Gasteiger partial charge in [0, 0.05) is 19.2 Å². The Labute approximate surface area is 97.3 Å². The van der Waals surface area contributed by atoms with E-state index in [9.17, 15) is 4.79 Å². The number of likely N-dealkylation sites (N-methyl/N-ethyl adjacent to an activating group) is 1. The minimum Gasteiger partial charge on any atom is -0.378 e. The van der Waals surface area contributed by atoms with Crippen molar-refractivity contribution in [3.05, 3.63) is 0 Å². The van der Waals surface area contributed by atoms with E-state index in [1.54, 1.807) is 0 Å². The van der Waals surface area contributed by atoms with Crippen molar-refractivity contribution in [2.45, 2.75) is 51.3 Å². The predicted octanol–water partition coefficient (Wildman–Crippen LogP) is 0.764. The molecule has 3 unspecified atom stereocenters. The Morgan fingerprint density at radius 2 is 2.31 bits per heavy atom. The highest BCUT2D eigenvalue weighted by Crippen LogP contribution is 2.23. The van der Waals surface area contributed by atoms with Gasteiger partial charge in [0.2, 0.25) is 5.91 Å². The Bertz CT molecular complexity index is 257. The molecule has 0 spiro atoms. The molecule has 2 saturated heterocycles. The number of amides is 1.